The molecule has 0 saturated heterocycles. The van der Waals surface area contributed by atoms with Crippen LogP contribution in [0.5, 0.6) is 11.5 Å². The Kier molecular flexibility index (Phi) is 8.52. The molecule has 4 aromatic carbocycles. The van der Waals surface area contributed by atoms with Crippen molar-refractivity contribution in [3.63, 3.8) is 0 Å². The average Bonchev–Trinajstić information content (AvgIpc) is 2.98. The lowest BCUT2D eigenvalue weighted by Crippen LogP contribution is -2.20. The highest BCUT2D eigenvalue weighted by atomic mass is 79.9. The van der Waals surface area contributed by atoms with E-state index in [1.807, 2.05) is 97.9 Å². The van der Waals surface area contributed by atoms with Crippen LogP contribution in [-0.4, -0.2) is 22.5 Å². The van der Waals surface area contributed by atoms with Crippen molar-refractivity contribution < 1.29 is 9.47 Å². The molecule has 0 aliphatic rings. The van der Waals surface area contributed by atoms with Crippen LogP contribution in [-0.2, 0) is 13.0 Å². The van der Waals surface area contributed by atoms with E-state index in [4.69, 9.17) is 14.5 Å². The molecule has 6 nitrogen and oxygen atoms in total. The first-order valence-electron chi connectivity index (χ1n) is 13.0. The number of para-hydroxylation sites is 1. The highest BCUT2D eigenvalue weighted by Gasteiger charge is 2.15. The molecule has 0 fully saturated rings. The minimum absolute atomic E-state index is 0.244. The van der Waals surface area contributed by atoms with Gasteiger partial charge >= 0.3 is 0 Å². The van der Waals surface area contributed by atoms with Gasteiger partial charge in [0.1, 0.15) is 6.61 Å². The fourth-order valence-corrected chi connectivity index (χ4v) is 4.62. The second-order valence-corrected chi connectivity index (χ2v) is 9.94. The van der Waals surface area contributed by atoms with Crippen LogP contribution in [0.1, 0.15) is 23.6 Å². The molecule has 0 unspecified atom stereocenters. The molecule has 0 bridgehead atoms. The third kappa shape index (κ3) is 6.05. The minimum atomic E-state index is -0.244. The number of hydrogen-bond acceptors (Lipinski definition) is 5. The Balaban J connectivity index is 1.56. The molecule has 0 aliphatic carbocycles. The average molecular weight is 595 g/mol. The summed E-state index contributed by atoms with van der Waals surface area (Å²) < 4.78 is 14.6. The summed E-state index contributed by atoms with van der Waals surface area (Å²) >= 11 is 3.47. The lowest BCUT2D eigenvalue weighted by atomic mass is 10.1. The molecule has 1 heterocycles. The summed E-state index contributed by atoms with van der Waals surface area (Å²) in [6.45, 7) is 6.71. The Morgan fingerprint density at radius 1 is 0.975 bits per heavy atom. The largest absolute Gasteiger partial charge is 0.490 e. The molecule has 40 heavy (non-hydrogen) atoms. The maximum atomic E-state index is 13.5. The fourth-order valence-electron chi connectivity index (χ4n) is 4.36. The topological polar surface area (TPSA) is 65.7 Å². The smallest absolute Gasteiger partial charge is 0.282 e. The van der Waals surface area contributed by atoms with Crippen molar-refractivity contribution in [3.8, 4) is 22.9 Å². The van der Waals surface area contributed by atoms with E-state index in [9.17, 15) is 4.79 Å². The fraction of sp³-hybridized carbons (Fsp3) is 0.121. The lowest BCUT2D eigenvalue weighted by Gasteiger charge is -2.17. The zero-order valence-corrected chi connectivity index (χ0v) is 23.7. The van der Waals surface area contributed by atoms with E-state index in [2.05, 4.69) is 27.6 Å². The quantitative estimate of drug-likeness (QED) is 0.125. The number of benzene rings is 4. The van der Waals surface area contributed by atoms with Gasteiger partial charge in [0.15, 0.2) is 17.3 Å². The van der Waals surface area contributed by atoms with Gasteiger partial charge in [0.05, 0.1) is 23.7 Å². The first kappa shape index (κ1) is 27.1. The summed E-state index contributed by atoms with van der Waals surface area (Å²) in [6, 6.07) is 28.7. The van der Waals surface area contributed by atoms with E-state index in [-0.39, 0.29) is 5.56 Å². The van der Waals surface area contributed by atoms with Gasteiger partial charge in [-0.15, -0.1) is 6.58 Å². The Labute approximate surface area is 241 Å². The minimum Gasteiger partial charge on any atom is -0.490 e. The van der Waals surface area contributed by atoms with Crippen LogP contribution >= 0.6 is 15.9 Å². The molecule has 7 heteroatoms. The van der Waals surface area contributed by atoms with Crippen LogP contribution in [0.2, 0.25) is 0 Å². The van der Waals surface area contributed by atoms with E-state index in [0.29, 0.717) is 47.9 Å². The van der Waals surface area contributed by atoms with Crippen molar-refractivity contribution in [3.05, 3.63) is 135 Å². The molecular formula is C33H28BrN3O3. The van der Waals surface area contributed by atoms with Crippen molar-refractivity contribution in [1.29, 1.82) is 0 Å². The highest BCUT2D eigenvalue weighted by Crippen LogP contribution is 2.34. The van der Waals surface area contributed by atoms with Crippen molar-refractivity contribution in [2.45, 2.75) is 20.0 Å². The van der Waals surface area contributed by atoms with E-state index in [0.717, 1.165) is 26.7 Å². The third-order valence-electron chi connectivity index (χ3n) is 6.22. The van der Waals surface area contributed by atoms with Gasteiger partial charge in [0.2, 0.25) is 0 Å². The summed E-state index contributed by atoms with van der Waals surface area (Å²) in [5, 5.41) is 5.12. The summed E-state index contributed by atoms with van der Waals surface area (Å²) in [6.07, 6.45) is 4.05. The number of ether oxygens (including phenoxy) is 2. The highest BCUT2D eigenvalue weighted by molar-refractivity contribution is 9.10. The Hall–Kier alpha value is -4.49. The SMILES string of the molecule is C=CCc1cc(C=Nn2c(-c3ccccc3)nc3ccccc3c2=O)cc(OCC)c1OCc1ccc(Br)cc1. The van der Waals surface area contributed by atoms with Gasteiger partial charge in [-0.05, 0) is 60.9 Å². The third-order valence-corrected chi connectivity index (χ3v) is 6.75. The molecule has 0 aliphatic heterocycles. The summed E-state index contributed by atoms with van der Waals surface area (Å²) in [7, 11) is 0. The number of fused-ring (bicyclic) bond motifs is 1. The van der Waals surface area contributed by atoms with Gasteiger partial charge in [-0.3, -0.25) is 4.79 Å². The Morgan fingerprint density at radius 3 is 2.48 bits per heavy atom. The summed E-state index contributed by atoms with van der Waals surface area (Å²) in [4.78, 5) is 18.3. The van der Waals surface area contributed by atoms with Crippen LogP contribution < -0.4 is 15.0 Å². The predicted octanol–water partition coefficient (Wildman–Crippen LogP) is 7.41. The first-order valence-corrected chi connectivity index (χ1v) is 13.8. The zero-order chi connectivity index (χ0) is 27.9. The number of allylic oxidation sites excluding steroid dienone is 1. The Morgan fingerprint density at radius 2 is 1.73 bits per heavy atom. The monoisotopic (exact) mass is 593 g/mol. The van der Waals surface area contributed by atoms with E-state index < -0.39 is 0 Å². The standard InChI is InChI=1S/C33H28BrN3O3/c1-3-10-26-19-24(20-30(39-4-2)31(26)40-22-23-15-17-27(34)18-16-23)21-35-37-32(25-11-6-5-7-12-25)36-29-14-9-8-13-28(29)33(37)38/h3,5-9,11-21H,1,4,10,22H2,2H3. The molecule has 0 spiro atoms. The number of halogens is 1. The van der Waals surface area contributed by atoms with Crippen molar-refractivity contribution in [1.82, 2.24) is 9.66 Å². The molecule has 0 radical (unpaired) electrons. The molecule has 0 saturated carbocycles. The number of aromatic nitrogens is 2. The predicted molar refractivity (Wildman–Crippen MR) is 164 cm³/mol. The molecular weight excluding hydrogens is 566 g/mol. The van der Waals surface area contributed by atoms with Crippen LogP contribution in [0.15, 0.2) is 118 Å². The maximum absolute atomic E-state index is 13.5. The molecule has 5 aromatic rings. The van der Waals surface area contributed by atoms with E-state index >= 15 is 0 Å². The maximum Gasteiger partial charge on any atom is 0.282 e. The number of hydrogen-bond donors (Lipinski definition) is 0. The van der Waals surface area contributed by atoms with Gasteiger partial charge in [0, 0.05) is 15.6 Å². The number of rotatable bonds is 10. The second kappa shape index (κ2) is 12.6. The van der Waals surface area contributed by atoms with Gasteiger partial charge < -0.3 is 9.47 Å². The summed E-state index contributed by atoms with van der Waals surface area (Å²) in [5.74, 6) is 1.73. The van der Waals surface area contributed by atoms with E-state index in [1.165, 1.54) is 4.68 Å². The Bertz CT molecular complexity index is 1730. The first-order chi connectivity index (χ1) is 19.6. The lowest BCUT2D eigenvalue weighted by molar-refractivity contribution is 0.267. The van der Waals surface area contributed by atoms with Crippen molar-refractivity contribution in [2.24, 2.45) is 5.10 Å². The number of nitrogens with zero attached hydrogens (tertiary/aromatic N) is 3. The van der Waals surface area contributed by atoms with Gasteiger partial charge in [-0.2, -0.15) is 9.78 Å². The normalized spacial score (nSPS) is 11.2. The molecule has 200 valence electrons. The molecule has 0 N–H and O–H groups in total. The van der Waals surface area contributed by atoms with Crippen molar-refractivity contribution in [2.75, 3.05) is 6.61 Å². The molecule has 0 atom stereocenters. The van der Waals surface area contributed by atoms with Gasteiger partial charge in [-0.25, -0.2) is 4.98 Å². The molecule has 1 aromatic heterocycles. The van der Waals surface area contributed by atoms with Crippen LogP contribution in [0.25, 0.3) is 22.3 Å². The van der Waals surface area contributed by atoms with Gasteiger partial charge in [-0.1, -0.05) is 76.6 Å². The molecule has 0 amide bonds. The molecule has 5 rings (SSSR count). The van der Waals surface area contributed by atoms with E-state index in [1.54, 1.807) is 12.3 Å². The van der Waals surface area contributed by atoms with Crippen LogP contribution in [0.3, 0.4) is 0 Å². The zero-order valence-electron chi connectivity index (χ0n) is 22.1. The van der Waals surface area contributed by atoms with Gasteiger partial charge in [0.25, 0.3) is 5.56 Å². The van der Waals surface area contributed by atoms with Crippen LogP contribution in [0, 0.1) is 0 Å². The van der Waals surface area contributed by atoms with Crippen molar-refractivity contribution >= 4 is 33.0 Å². The second-order valence-electron chi connectivity index (χ2n) is 9.03. The van der Waals surface area contributed by atoms with Crippen LogP contribution in [0.4, 0.5) is 0 Å². The summed E-state index contributed by atoms with van der Waals surface area (Å²) in [5.41, 5.74) is 3.88.